The lowest BCUT2D eigenvalue weighted by Gasteiger charge is -2.07. The summed E-state index contributed by atoms with van der Waals surface area (Å²) in [6, 6.07) is 4.80. The molecule has 1 N–H and O–H groups in total. The molecule has 0 radical (unpaired) electrons. The van der Waals surface area contributed by atoms with Crippen molar-refractivity contribution in [2.75, 3.05) is 6.54 Å². The van der Waals surface area contributed by atoms with Crippen LogP contribution in [0.4, 0.5) is 11.4 Å². The second kappa shape index (κ2) is 7.51. The fourth-order valence-electron chi connectivity index (χ4n) is 2.37. The van der Waals surface area contributed by atoms with Gasteiger partial charge in [-0.05, 0) is 26.3 Å². The number of carbonyl (C=O) groups excluding carboxylic acids is 1. The van der Waals surface area contributed by atoms with Crippen molar-refractivity contribution in [1.82, 2.24) is 15.1 Å². The Balaban J connectivity index is 1.99. The van der Waals surface area contributed by atoms with Crippen LogP contribution in [0.5, 0.6) is 0 Å². The van der Waals surface area contributed by atoms with Crippen LogP contribution < -0.4 is 5.32 Å². The number of aryl methyl sites for hydroxylation is 3. The van der Waals surface area contributed by atoms with Gasteiger partial charge in [0.15, 0.2) is 0 Å². The molecule has 25 heavy (non-hydrogen) atoms. The maximum atomic E-state index is 12.1. The van der Waals surface area contributed by atoms with E-state index < -0.39 is 27.1 Å². The number of carbonyl (C=O) groups is 1. The van der Waals surface area contributed by atoms with E-state index >= 15 is 0 Å². The molecule has 0 atom stereocenters. The second-order valence-corrected chi connectivity index (χ2v) is 5.51. The quantitative estimate of drug-likeness (QED) is 0.463. The predicted octanol–water partition coefficient (Wildman–Crippen LogP) is 2.14. The molecule has 0 spiro atoms. The molecule has 0 bridgehead atoms. The van der Waals surface area contributed by atoms with Gasteiger partial charge in [0.1, 0.15) is 0 Å². The van der Waals surface area contributed by atoms with Gasteiger partial charge < -0.3 is 5.32 Å². The van der Waals surface area contributed by atoms with Crippen molar-refractivity contribution >= 4 is 17.3 Å². The first-order chi connectivity index (χ1) is 11.8. The van der Waals surface area contributed by atoms with E-state index in [0.717, 1.165) is 29.6 Å². The highest BCUT2D eigenvalue weighted by Crippen LogP contribution is 2.22. The lowest BCUT2D eigenvalue weighted by atomic mass is 10.1. The van der Waals surface area contributed by atoms with Gasteiger partial charge >= 0.3 is 0 Å². The van der Waals surface area contributed by atoms with E-state index in [4.69, 9.17) is 0 Å². The van der Waals surface area contributed by atoms with Gasteiger partial charge in [-0.15, -0.1) is 0 Å². The lowest BCUT2D eigenvalue weighted by molar-refractivity contribution is -0.394. The van der Waals surface area contributed by atoms with E-state index in [1.807, 2.05) is 24.6 Å². The van der Waals surface area contributed by atoms with Crippen molar-refractivity contribution in [1.29, 1.82) is 0 Å². The summed E-state index contributed by atoms with van der Waals surface area (Å²) in [7, 11) is 0. The maximum Gasteiger partial charge on any atom is 0.277 e. The third-order valence-corrected chi connectivity index (χ3v) is 3.52. The molecule has 0 aliphatic carbocycles. The number of non-ortho nitro benzene ring substituents is 2. The third-order valence-electron chi connectivity index (χ3n) is 3.52. The van der Waals surface area contributed by atoms with Crippen molar-refractivity contribution in [2.24, 2.45) is 0 Å². The van der Waals surface area contributed by atoms with Crippen LogP contribution in [0.1, 0.15) is 28.2 Å². The Morgan fingerprint density at radius 3 is 2.20 bits per heavy atom. The summed E-state index contributed by atoms with van der Waals surface area (Å²) in [5.41, 5.74) is 0.805. The molecule has 0 unspecified atom stereocenters. The molecule has 0 aliphatic rings. The normalized spacial score (nSPS) is 10.5. The van der Waals surface area contributed by atoms with Crippen LogP contribution in [0.3, 0.4) is 0 Å². The first kappa shape index (κ1) is 18.0. The fraction of sp³-hybridized carbons (Fsp3) is 0.333. The minimum atomic E-state index is -0.771. The van der Waals surface area contributed by atoms with E-state index in [0.29, 0.717) is 19.5 Å². The Morgan fingerprint density at radius 1 is 1.12 bits per heavy atom. The van der Waals surface area contributed by atoms with E-state index in [-0.39, 0.29) is 5.56 Å². The maximum absolute atomic E-state index is 12.1. The van der Waals surface area contributed by atoms with Gasteiger partial charge in [0.05, 0.1) is 27.2 Å². The monoisotopic (exact) mass is 347 g/mol. The van der Waals surface area contributed by atoms with Gasteiger partial charge in [-0.1, -0.05) is 0 Å². The van der Waals surface area contributed by atoms with E-state index in [1.54, 1.807) is 0 Å². The highest BCUT2D eigenvalue weighted by Gasteiger charge is 2.19. The van der Waals surface area contributed by atoms with Gasteiger partial charge in [0.25, 0.3) is 17.3 Å². The smallest absolute Gasteiger partial charge is 0.277 e. The summed E-state index contributed by atoms with van der Waals surface area (Å²) in [6.07, 6.45) is 0.602. The standard InChI is InChI=1S/C15H17N5O5/c1-10-6-11(2)18(17-10)5-3-4-16-15(21)12-7-13(19(22)23)9-14(8-12)20(24)25/h6-9H,3-5H2,1-2H3,(H,16,21). The molecule has 0 fully saturated rings. The molecule has 10 heteroatoms. The Bertz CT molecular complexity index is 797. The molecule has 1 amide bonds. The van der Waals surface area contributed by atoms with Gasteiger partial charge in [-0.2, -0.15) is 5.10 Å². The Hall–Kier alpha value is -3.30. The SMILES string of the molecule is Cc1cc(C)n(CCCNC(=O)c2cc([N+](=O)[O-])cc([N+](=O)[O-])c2)n1. The van der Waals surface area contributed by atoms with Crippen LogP contribution >= 0.6 is 0 Å². The van der Waals surface area contributed by atoms with E-state index in [2.05, 4.69) is 10.4 Å². The van der Waals surface area contributed by atoms with Gasteiger partial charge in [-0.3, -0.25) is 29.7 Å². The number of nitrogens with one attached hydrogen (secondary N) is 1. The van der Waals surface area contributed by atoms with Crippen LogP contribution in [-0.2, 0) is 6.54 Å². The molecule has 2 rings (SSSR count). The number of aromatic nitrogens is 2. The average molecular weight is 347 g/mol. The van der Waals surface area contributed by atoms with Crippen LogP contribution in [0.2, 0.25) is 0 Å². The van der Waals surface area contributed by atoms with Crippen molar-refractivity contribution in [2.45, 2.75) is 26.8 Å². The highest BCUT2D eigenvalue weighted by atomic mass is 16.6. The zero-order valence-corrected chi connectivity index (χ0v) is 13.8. The van der Waals surface area contributed by atoms with Crippen molar-refractivity contribution in [3.8, 4) is 0 Å². The number of hydrogen-bond donors (Lipinski definition) is 1. The van der Waals surface area contributed by atoms with Crippen molar-refractivity contribution < 1.29 is 14.6 Å². The molecule has 0 aliphatic heterocycles. The van der Waals surface area contributed by atoms with E-state index in [1.165, 1.54) is 0 Å². The zero-order chi connectivity index (χ0) is 18.6. The minimum Gasteiger partial charge on any atom is -0.352 e. The molecule has 10 nitrogen and oxygen atoms in total. The highest BCUT2D eigenvalue weighted by molar-refractivity contribution is 5.95. The molecular formula is C15H17N5O5. The molecule has 1 heterocycles. The lowest BCUT2D eigenvalue weighted by Crippen LogP contribution is -2.25. The first-order valence-corrected chi connectivity index (χ1v) is 7.51. The topological polar surface area (TPSA) is 133 Å². The Morgan fingerprint density at radius 2 is 1.72 bits per heavy atom. The molecule has 1 aromatic heterocycles. The summed E-state index contributed by atoms with van der Waals surface area (Å²) in [6.45, 7) is 4.74. The second-order valence-electron chi connectivity index (χ2n) is 5.51. The Labute approximate surface area is 142 Å². The van der Waals surface area contributed by atoms with Crippen LogP contribution in [0.15, 0.2) is 24.3 Å². The molecule has 1 aromatic carbocycles. The molecule has 0 saturated heterocycles. The molecule has 2 aromatic rings. The average Bonchev–Trinajstić information content (AvgIpc) is 2.88. The summed E-state index contributed by atoms with van der Waals surface area (Å²) >= 11 is 0. The summed E-state index contributed by atoms with van der Waals surface area (Å²) in [5.74, 6) is -0.597. The van der Waals surface area contributed by atoms with Crippen molar-refractivity contribution in [3.63, 3.8) is 0 Å². The zero-order valence-electron chi connectivity index (χ0n) is 13.8. The molecule has 0 saturated carbocycles. The van der Waals surface area contributed by atoms with Crippen LogP contribution in [-0.4, -0.2) is 32.1 Å². The number of nitro groups is 2. The first-order valence-electron chi connectivity index (χ1n) is 7.51. The third kappa shape index (κ3) is 4.59. The summed E-state index contributed by atoms with van der Waals surface area (Å²) in [4.78, 5) is 32.2. The Kier molecular flexibility index (Phi) is 5.42. The number of rotatable bonds is 7. The number of nitrogens with zero attached hydrogens (tertiary/aromatic N) is 4. The van der Waals surface area contributed by atoms with Crippen LogP contribution in [0.25, 0.3) is 0 Å². The molecule has 132 valence electrons. The largest absolute Gasteiger partial charge is 0.352 e. The summed E-state index contributed by atoms with van der Waals surface area (Å²) in [5, 5.41) is 28.6. The number of amides is 1. The summed E-state index contributed by atoms with van der Waals surface area (Å²) < 4.78 is 1.82. The van der Waals surface area contributed by atoms with Gasteiger partial charge in [-0.25, -0.2) is 0 Å². The predicted molar refractivity (Wildman–Crippen MR) is 88.4 cm³/mol. The molecular weight excluding hydrogens is 330 g/mol. The number of hydrogen-bond acceptors (Lipinski definition) is 6. The number of benzene rings is 1. The van der Waals surface area contributed by atoms with Gasteiger partial charge in [0, 0.05) is 30.9 Å². The number of nitro benzene ring substituents is 2. The van der Waals surface area contributed by atoms with Crippen LogP contribution in [0, 0.1) is 34.1 Å². The minimum absolute atomic E-state index is 0.119. The van der Waals surface area contributed by atoms with Crippen molar-refractivity contribution in [3.05, 3.63) is 61.4 Å². The van der Waals surface area contributed by atoms with E-state index in [9.17, 15) is 25.0 Å². The fourth-order valence-corrected chi connectivity index (χ4v) is 2.37. The van der Waals surface area contributed by atoms with Gasteiger partial charge in [0.2, 0.25) is 0 Å².